The smallest absolute Gasteiger partial charge is 0.462 e. The van der Waals surface area contributed by atoms with E-state index in [1.54, 1.807) is 0 Å². The summed E-state index contributed by atoms with van der Waals surface area (Å²) in [6.45, 7) is 4.34. The Labute approximate surface area is 481 Å². The van der Waals surface area contributed by atoms with Crippen LogP contribution in [0.15, 0.2) is 85.1 Å². The Morgan fingerprint density at radius 3 is 1.09 bits per heavy atom. The number of carbonyl (C=O) groups excluding carboxylic acids is 2. The van der Waals surface area contributed by atoms with Gasteiger partial charge >= 0.3 is 19.8 Å². The Morgan fingerprint density at radius 2 is 0.731 bits per heavy atom. The molecular formula is C68H123NO8P+. The third-order valence-corrected chi connectivity index (χ3v) is 14.9. The zero-order valence-electron chi connectivity index (χ0n) is 51.4. The second-order valence-electron chi connectivity index (χ2n) is 22.8. The highest BCUT2D eigenvalue weighted by Gasteiger charge is 2.27. The monoisotopic (exact) mass is 1110 g/mol. The Hall–Kier alpha value is -2.81. The highest BCUT2D eigenvalue weighted by Crippen LogP contribution is 2.43. The number of hydrogen-bond donors (Lipinski definition) is 1. The predicted octanol–water partition coefficient (Wildman–Crippen LogP) is 20.6. The van der Waals surface area contributed by atoms with Gasteiger partial charge in [0.2, 0.25) is 0 Å². The molecular weight excluding hydrogens is 990 g/mol. The molecule has 10 heteroatoms. The fourth-order valence-corrected chi connectivity index (χ4v) is 9.74. The molecule has 0 radical (unpaired) electrons. The van der Waals surface area contributed by atoms with Gasteiger partial charge in [0.05, 0.1) is 27.7 Å². The van der Waals surface area contributed by atoms with Crippen LogP contribution in [0.2, 0.25) is 0 Å². The lowest BCUT2D eigenvalue weighted by Crippen LogP contribution is -2.37. The van der Waals surface area contributed by atoms with E-state index in [2.05, 4.69) is 98.9 Å². The van der Waals surface area contributed by atoms with Gasteiger partial charge < -0.3 is 18.9 Å². The number of rotatable bonds is 59. The number of carbonyl (C=O) groups is 2. The first-order chi connectivity index (χ1) is 38.0. The third-order valence-electron chi connectivity index (χ3n) is 13.9. The van der Waals surface area contributed by atoms with Gasteiger partial charge in [-0.3, -0.25) is 18.6 Å². The van der Waals surface area contributed by atoms with Crippen molar-refractivity contribution in [3.05, 3.63) is 85.1 Å². The van der Waals surface area contributed by atoms with Crippen LogP contribution in [0, 0.1) is 0 Å². The minimum Gasteiger partial charge on any atom is -0.462 e. The van der Waals surface area contributed by atoms with E-state index in [4.69, 9.17) is 18.5 Å². The molecule has 0 aromatic rings. The van der Waals surface area contributed by atoms with Gasteiger partial charge in [0.25, 0.3) is 0 Å². The molecule has 2 atom stereocenters. The first-order valence-corrected chi connectivity index (χ1v) is 33.8. The first kappa shape index (κ1) is 75.2. The largest absolute Gasteiger partial charge is 0.472 e. The highest BCUT2D eigenvalue weighted by atomic mass is 31.2. The molecule has 0 aromatic carbocycles. The van der Waals surface area contributed by atoms with Crippen LogP contribution in [0.25, 0.3) is 0 Å². The molecule has 0 spiro atoms. The molecule has 0 aromatic heterocycles. The van der Waals surface area contributed by atoms with Crippen LogP contribution in [0.3, 0.4) is 0 Å². The summed E-state index contributed by atoms with van der Waals surface area (Å²) in [6.07, 6.45) is 79.7. The molecule has 1 N–H and O–H groups in total. The van der Waals surface area contributed by atoms with Crippen LogP contribution in [0.1, 0.15) is 284 Å². The van der Waals surface area contributed by atoms with Crippen LogP contribution in [0.4, 0.5) is 0 Å². The minimum absolute atomic E-state index is 0.0325. The predicted molar refractivity (Wildman–Crippen MR) is 335 cm³/mol. The summed E-state index contributed by atoms with van der Waals surface area (Å²) in [5.74, 6) is -0.787. The van der Waals surface area contributed by atoms with Crippen LogP contribution in [-0.4, -0.2) is 74.9 Å². The molecule has 0 rings (SSSR count). The fraction of sp³-hybridized carbons (Fsp3) is 0.765. The van der Waals surface area contributed by atoms with Crippen molar-refractivity contribution in [1.82, 2.24) is 0 Å². The van der Waals surface area contributed by atoms with E-state index in [0.717, 1.165) is 77.0 Å². The lowest BCUT2D eigenvalue weighted by atomic mass is 10.0. The Kier molecular flexibility index (Phi) is 56.7. The number of nitrogens with zero attached hydrogens (tertiary/aromatic N) is 1. The Bertz CT molecular complexity index is 1590. The molecule has 9 nitrogen and oxygen atoms in total. The van der Waals surface area contributed by atoms with Gasteiger partial charge in [-0.05, 0) is 70.6 Å². The van der Waals surface area contributed by atoms with Crippen molar-refractivity contribution in [3.8, 4) is 0 Å². The molecule has 0 aliphatic rings. The normalized spacial score (nSPS) is 13.8. The summed E-state index contributed by atoms with van der Waals surface area (Å²) in [6, 6.07) is 0. The SMILES string of the molecule is CC/C=C\C/C=C\C/C=C\C/C=C\C/C=C\C/C=C\C/C=C\CCCCCCCCCCCCCCCCCCCCCC(=O)OC(COC(=O)CCCCCCCCCCCCCCC)COP(=O)(O)OCC[N+](C)(C)C. The molecule has 0 heterocycles. The molecule has 0 saturated carbocycles. The third kappa shape index (κ3) is 62.4. The van der Waals surface area contributed by atoms with Crippen molar-refractivity contribution >= 4 is 19.8 Å². The molecule has 0 amide bonds. The van der Waals surface area contributed by atoms with Crippen molar-refractivity contribution in [2.45, 2.75) is 290 Å². The molecule has 0 saturated heterocycles. The summed E-state index contributed by atoms with van der Waals surface area (Å²) in [4.78, 5) is 35.7. The number of unbranched alkanes of at least 4 members (excludes halogenated alkanes) is 31. The topological polar surface area (TPSA) is 108 Å². The van der Waals surface area contributed by atoms with E-state index >= 15 is 0 Å². The summed E-state index contributed by atoms with van der Waals surface area (Å²) in [5.41, 5.74) is 0. The van der Waals surface area contributed by atoms with Crippen LogP contribution in [0.5, 0.6) is 0 Å². The summed E-state index contributed by atoms with van der Waals surface area (Å²) in [7, 11) is 1.49. The lowest BCUT2D eigenvalue weighted by Gasteiger charge is -2.24. The number of quaternary nitrogens is 1. The fourth-order valence-electron chi connectivity index (χ4n) is 9.00. The molecule has 0 aliphatic carbocycles. The number of phosphoric acid groups is 1. The van der Waals surface area contributed by atoms with Crippen molar-refractivity contribution in [3.63, 3.8) is 0 Å². The van der Waals surface area contributed by atoms with Crippen molar-refractivity contribution in [2.75, 3.05) is 47.5 Å². The average molecular weight is 1110 g/mol. The van der Waals surface area contributed by atoms with Crippen LogP contribution < -0.4 is 0 Å². The second kappa shape index (κ2) is 58.8. The molecule has 0 fully saturated rings. The molecule has 452 valence electrons. The van der Waals surface area contributed by atoms with E-state index in [1.165, 1.54) is 173 Å². The quantitative estimate of drug-likeness (QED) is 0.0211. The molecule has 0 aliphatic heterocycles. The number of esters is 2. The molecule has 78 heavy (non-hydrogen) atoms. The number of ether oxygens (including phenoxy) is 2. The summed E-state index contributed by atoms with van der Waals surface area (Å²) in [5, 5.41) is 0. The van der Waals surface area contributed by atoms with Crippen molar-refractivity contribution in [2.24, 2.45) is 0 Å². The number of likely N-dealkylation sites (N-methyl/N-ethyl adjacent to an activating group) is 1. The average Bonchev–Trinajstić information content (AvgIpc) is 3.40. The number of phosphoric ester groups is 1. The minimum atomic E-state index is -4.38. The lowest BCUT2D eigenvalue weighted by molar-refractivity contribution is -0.870. The zero-order chi connectivity index (χ0) is 57.0. The standard InChI is InChI=1S/C68H122NO8P/c1-6-8-10-12-14-16-18-20-21-22-23-24-25-26-27-28-29-30-31-32-33-34-35-36-37-38-39-40-41-42-43-44-45-46-47-49-51-53-55-57-59-61-68(71)77-66(65-76-78(72,73)75-63-62-69(3,4)5)64-74-67(70)60-58-56-54-52-50-48-19-17-15-13-11-9-7-2/h8,10,14,16,20-21,23-24,26-27,29-30,32-33,66H,6-7,9,11-13,15,17-19,22,25,28,31,34-65H2,1-5H3/p+1/b10-8-,16-14-,21-20-,24-23-,27-26-,30-29-,33-32-. The summed E-state index contributed by atoms with van der Waals surface area (Å²) >= 11 is 0. The van der Waals surface area contributed by atoms with Gasteiger partial charge in [-0.1, -0.05) is 285 Å². The maximum atomic E-state index is 12.8. The van der Waals surface area contributed by atoms with Crippen LogP contribution in [-0.2, 0) is 32.7 Å². The zero-order valence-corrected chi connectivity index (χ0v) is 52.3. The van der Waals surface area contributed by atoms with E-state index in [1.807, 2.05) is 21.1 Å². The Morgan fingerprint density at radius 1 is 0.410 bits per heavy atom. The van der Waals surface area contributed by atoms with Gasteiger partial charge in [-0.25, -0.2) is 4.57 Å². The van der Waals surface area contributed by atoms with E-state index in [9.17, 15) is 19.0 Å². The highest BCUT2D eigenvalue weighted by molar-refractivity contribution is 7.47. The maximum Gasteiger partial charge on any atom is 0.472 e. The van der Waals surface area contributed by atoms with Crippen LogP contribution >= 0.6 is 7.82 Å². The van der Waals surface area contributed by atoms with Gasteiger partial charge in [0.1, 0.15) is 19.8 Å². The number of allylic oxidation sites excluding steroid dienone is 14. The summed E-state index contributed by atoms with van der Waals surface area (Å²) < 4.78 is 34.6. The first-order valence-electron chi connectivity index (χ1n) is 32.3. The Balaban J connectivity index is 3.92. The molecule has 2 unspecified atom stereocenters. The van der Waals surface area contributed by atoms with E-state index in [-0.39, 0.29) is 25.6 Å². The van der Waals surface area contributed by atoms with Crippen molar-refractivity contribution in [1.29, 1.82) is 0 Å². The van der Waals surface area contributed by atoms with E-state index in [0.29, 0.717) is 23.9 Å². The maximum absolute atomic E-state index is 12.8. The van der Waals surface area contributed by atoms with Gasteiger partial charge in [-0.2, -0.15) is 0 Å². The van der Waals surface area contributed by atoms with Gasteiger partial charge in [-0.15, -0.1) is 0 Å². The van der Waals surface area contributed by atoms with Crippen molar-refractivity contribution < 1.29 is 42.1 Å². The second-order valence-corrected chi connectivity index (χ2v) is 24.2. The van der Waals surface area contributed by atoms with Gasteiger partial charge in [0, 0.05) is 12.8 Å². The van der Waals surface area contributed by atoms with E-state index < -0.39 is 26.5 Å². The number of hydrogen-bond acceptors (Lipinski definition) is 7. The molecule has 0 bridgehead atoms. The van der Waals surface area contributed by atoms with Gasteiger partial charge in [0.15, 0.2) is 6.10 Å².